The first-order chi connectivity index (χ1) is 14.5. The molecule has 30 heavy (non-hydrogen) atoms. The molecular weight excluding hydrogens is 384 g/mol. The van der Waals surface area contributed by atoms with Gasteiger partial charge in [0.25, 0.3) is 5.91 Å². The Kier molecular flexibility index (Phi) is 6.64. The maximum absolute atomic E-state index is 13.0. The summed E-state index contributed by atoms with van der Waals surface area (Å²) < 4.78 is 0. The number of amides is 1. The quantitative estimate of drug-likeness (QED) is 0.506. The van der Waals surface area contributed by atoms with Crippen LogP contribution in [-0.4, -0.2) is 34.2 Å². The number of carbonyl (C=O) groups excluding carboxylic acids is 2. The zero-order valence-corrected chi connectivity index (χ0v) is 16.1. The Morgan fingerprint density at radius 3 is 2.27 bits per heavy atom. The van der Waals surface area contributed by atoms with Gasteiger partial charge in [-0.05, 0) is 28.8 Å². The average Bonchev–Trinajstić information content (AvgIpc) is 3.04. The summed E-state index contributed by atoms with van der Waals surface area (Å²) in [6.45, 7) is 0.0862. The number of aliphatic carboxylic acids is 1. The highest BCUT2D eigenvalue weighted by Crippen LogP contribution is 2.39. The molecule has 0 aliphatic carbocycles. The summed E-state index contributed by atoms with van der Waals surface area (Å²) >= 11 is 0. The van der Waals surface area contributed by atoms with Crippen LogP contribution in [0.3, 0.4) is 0 Å². The zero-order valence-electron chi connectivity index (χ0n) is 16.1. The van der Waals surface area contributed by atoms with Gasteiger partial charge in [0.05, 0.1) is 11.6 Å². The minimum Gasteiger partial charge on any atom is -0.481 e. The molecule has 3 rings (SSSR count). The lowest BCUT2D eigenvalue weighted by Crippen LogP contribution is -2.32. The van der Waals surface area contributed by atoms with Crippen molar-refractivity contribution in [1.29, 1.82) is 0 Å². The number of carbonyl (C=O) groups is 3. The van der Waals surface area contributed by atoms with Gasteiger partial charge >= 0.3 is 5.97 Å². The molecule has 0 spiro atoms. The van der Waals surface area contributed by atoms with E-state index in [0.717, 1.165) is 5.56 Å². The van der Waals surface area contributed by atoms with E-state index in [0.29, 0.717) is 5.56 Å². The standard InChI is InChI=1S/C23H20N2O5/c26-18(14-13-16-8-3-1-4-9-16)20-21(24-30)23(29)25(15-7-12-19(27)28)22(20)17-10-5-2-6-11-17/h1-6,8-11,13-14,22H,7,12,15H2,(H,27,28)/b14-13-. The third-order valence-electron chi connectivity index (χ3n) is 4.79. The van der Waals surface area contributed by atoms with Crippen LogP contribution in [-0.2, 0) is 14.4 Å². The van der Waals surface area contributed by atoms with Crippen LogP contribution in [0.25, 0.3) is 6.08 Å². The van der Waals surface area contributed by atoms with Gasteiger partial charge in [0, 0.05) is 13.0 Å². The summed E-state index contributed by atoms with van der Waals surface area (Å²) in [6.07, 6.45) is 2.99. The molecule has 1 aliphatic heterocycles. The van der Waals surface area contributed by atoms with Crippen LogP contribution in [0.2, 0.25) is 0 Å². The Morgan fingerprint density at radius 2 is 1.67 bits per heavy atom. The van der Waals surface area contributed by atoms with E-state index in [-0.39, 0.29) is 25.0 Å². The Labute approximate surface area is 173 Å². The van der Waals surface area contributed by atoms with Gasteiger partial charge in [-0.1, -0.05) is 66.7 Å². The fourth-order valence-electron chi connectivity index (χ4n) is 3.43. The zero-order chi connectivity index (χ0) is 21.5. The Balaban J connectivity index is 1.97. The molecule has 1 atom stereocenters. The fourth-order valence-corrected chi connectivity index (χ4v) is 3.43. The minimum absolute atomic E-state index is 0.00343. The molecule has 2 aromatic carbocycles. The molecule has 7 nitrogen and oxygen atoms in total. The van der Waals surface area contributed by atoms with Gasteiger partial charge in [-0.2, -0.15) is 0 Å². The smallest absolute Gasteiger partial charge is 0.303 e. The lowest BCUT2D eigenvalue weighted by molar-refractivity contribution is -0.137. The van der Waals surface area contributed by atoms with Gasteiger partial charge < -0.3 is 10.0 Å². The predicted octanol–water partition coefficient (Wildman–Crippen LogP) is 3.74. The van der Waals surface area contributed by atoms with Crippen molar-refractivity contribution in [3.05, 3.63) is 94.0 Å². The van der Waals surface area contributed by atoms with Crippen LogP contribution in [0, 0.1) is 4.91 Å². The van der Waals surface area contributed by atoms with Crippen LogP contribution in [0.4, 0.5) is 0 Å². The molecule has 7 heteroatoms. The first-order valence-corrected chi connectivity index (χ1v) is 9.45. The molecule has 0 saturated heterocycles. The van der Waals surface area contributed by atoms with E-state index >= 15 is 0 Å². The lowest BCUT2D eigenvalue weighted by atomic mass is 9.95. The highest BCUT2D eigenvalue weighted by Gasteiger charge is 2.43. The number of hydrogen-bond donors (Lipinski definition) is 1. The monoisotopic (exact) mass is 404 g/mol. The van der Waals surface area contributed by atoms with Gasteiger partial charge in [0.1, 0.15) is 0 Å². The van der Waals surface area contributed by atoms with Gasteiger partial charge in [-0.25, -0.2) is 0 Å². The Bertz CT molecular complexity index is 1010. The second-order valence-electron chi connectivity index (χ2n) is 6.77. The van der Waals surface area contributed by atoms with E-state index in [4.69, 9.17) is 5.11 Å². The largest absolute Gasteiger partial charge is 0.481 e. The van der Waals surface area contributed by atoms with Crippen LogP contribution >= 0.6 is 0 Å². The van der Waals surface area contributed by atoms with Crippen LogP contribution in [0.15, 0.2) is 83.2 Å². The van der Waals surface area contributed by atoms with Crippen molar-refractivity contribution in [1.82, 2.24) is 4.90 Å². The molecule has 0 bridgehead atoms. The topological polar surface area (TPSA) is 104 Å². The first-order valence-electron chi connectivity index (χ1n) is 9.45. The highest BCUT2D eigenvalue weighted by molar-refractivity contribution is 6.15. The molecular formula is C23H20N2O5. The molecule has 1 unspecified atom stereocenters. The van der Waals surface area contributed by atoms with Crippen molar-refractivity contribution in [3.63, 3.8) is 0 Å². The maximum Gasteiger partial charge on any atom is 0.303 e. The average molecular weight is 404 g/mol. The Morgan fingerprint density at radius 1 is 1.03 bits per heavy atom. The molecule has 1 N–H and O–H groups in total. The molecule has 1 amide bonds. The summed E-state index contributed by atoms with van der Waals surface area (Å²) in [5.41, 5.74) is 1.02. The van der Waals surface area contributed by atoms with Gasteiger partial charge in [-0.3, -0.25) is 14.4 Å². The summed E-state index contributed by atoms with van der Waals surface area (Å²) in [6, 6.07) is 17.2. The maximum atomic E-state index is 13.0. The number of nitroso groups, excluding NO2 is 1. The van der Waals surface area contributed by atoms with E-state index in [9.17, 15) is 19.3 Å². The SMILES string of the molecule is O=NC1=C(C(=O)/C=C\c2ccccc2)C(c2ccccc2)N(CCCC(=O)O)C1=O. The van der Waals surface area contributed by atoms with Crippen molar-refractivity contribution >= 4 is 23.7 Å². The normalized spacial score (nSPS) is 16.3. The molecule has 0 radical (unpaired) electrons. The molecule has 2 aromatic rings. The molecule has 1 aliphatic rings. The second-order valence-corrected chi connectivity index (χ2v) is 6.77. The van der Waals surface area contributed by atoms with Crippen molar-refractivity contribution in [2.24, 2.45) is 5.18 Å². The highest BCUT2D eigenvalue weighted by atomic mass is 16.4. The number of allylic oxidation sites excluding steroid dienone is 1. The molecule has 152 valence electrons. The van der Waals surface area contributed by atoms with Gasteiger partial charge in [-0.15, -0.1) is 4.91 Å². The van der Waals surface area contributed by atoms with Crippen molar-refractivity contribution in [2.45, 2.75) is 18.9 Å². The summed E-state index contributed by atoms with van der Waals surface area (Å²) in [4.78, 5) is 49.6. The first kappa shape index (κ1) is 20.9. The lowest BCUT2D eigenvalue weighted by Gasteiger charge is -2.26. The Hall–Kier alpha value is -3.87. The van der Waals surface area contributed by atoms with Crippen molar-refractivity contribution in [2.75, 3.05) is 6.54 Å². The van der Waals surface area contributed by atoms with Gasteiger partial charge in [0.2, 0.25) is 0 Å². The number of carboxylic acids is 1. The van der Waals surface area contributed by atoms with E-state index in [1.165, 1.54) is 11.0 Å². The van der Waals surface area contributed by atoms with Crippen LogP contribution in [0.5, 0.6) is 0 Å². The summed E-state index contributed by atoms with van der Waals surface area (Å²) in [7, 11) is 0. The fraction of sp³-hybridized carbons (Fsp3) is 0.174. The number of ketones is 1. The number of nitrogens with zero attached hydrogens (tertiary/aromatic N) is 2. The van der Waals surface area contributed by atoms with E-state index in [2.05, 4.69) is 5.18 Å². The van der Waals surface area contributed by atoms with E-state index in [1.54, 1.807) is 36.4 Å². The van der Waals surface area contributed by atoms with E-state index < -0.39 is 29.4 Å². The van der Waals surface area contributed by atoms with Crippen LogP contribution < -0.4 is 0 Å². The van der Waals surface area contributed by atoms with Crippen molar-refractivity contribution < 1.29 is 19.5 Å². The summed E-state index contributed by atoms with van der Waals surface area (Å²) in [5, 5.41) is 11.8. The second kappa shape index (κ2) is 9.56. The predicted molar refractivity (Wildman–Crippen MR) is 111 cm³/mol. The number of benzene rings is 2. The third-order valence-corrected chi connectivity index (χ3v) is 4.79. The molecule has 1 heterocycles. The molecule has 0 fully saturated rings. The number of rotatable bonds is 9. The van der Waals surface area contributed by atoms with E-state index in [1.807, 2.05) is 30.3 Å². The summed E-state index contributed by atoms with van der Waals surface area (Å²) in [5.74, 6) is -2.14. The minimum atomic E-state index is -0.985. The van der Waals surface area contributed by atoms with Gasteiger partial charge in [0.15, 0.2) is 11.5 Å². The van der Waals surface area contributed by atoms with Crippen LogP contribution in [0.1, 0.15) is 30.0 Å². The molecule has 0 aromatic heterocycles. The molecule has 0 saturated carbocycles. The third kappa shape index (κ3) is 4.57. The number of carboxylic acid groups (broad SMARTS) is 1. The van der Waals surface area contributed by atoms with Crippen molar-refractivity contribution in [3.8, 4) is 0 Å². The number of hydrogen-bond acceptors (Lipinski definition) is 5.